The number of piperidine rings is 1. The summed E-state index contributed by atoms with van der Waals surface area (Å²) in [5, 5.41) is 20.1. The topological polar surface area (TPSA) is 86.5 Å². The molecule has 0 aliphatic carbocycles. The molecule has 2 heterocycles. The maximum Gasteiger partial charge on any atom is 0.314 e. The maximum atomic E-state index is 11.9. The first-order valence-electron chi connectivity index (χ1n) is 8.44. The van der Waals surface area contributed by atoms with E-state index in [9.17, 15) is 15.0 Å². The molecule has 0 unspecified atom stereocenters. The highest BCUT2D eigenvalue weighted by atomic mass is 16.4. The van der Waals surface area contributed by atoms with Crippen molar-refractivity contribution in [1.29, 1.82) is 0 Å². The molecule has 0 saturated carbocycles. The van der Waals surface area contributed by atoms with Gasteiger partial charge in [0.15, 0.2) is 0 Å². The number of carboxylic acids is 1. The number of aromatic nitrogens is 2. The number of nitrogens with zero attached hydrogens (tertiary/aromatic N) is 3. The van der Waals surface area contributed by atoms with Gasteiger partial charge in [-0.1, -0.05) is 20.3 Å². The van der Waals surface area contributed by atoms with Gasteiger partial charge in [0, 0.05) is 31.3 Å². The summed E-state index contributed by atoms with van der Waals surface area (Å²) in [6.07, 6.45) is 2.60. The number of anilines is 1. The van der Waals surface area contributed by atoms with Crippen molar-refractivity contribution >= 4 is 11.8 Å². The van der Waals surface area contributed by atoms with Crippen molar-refractivity contribution in [3.63, 3.8) is 0 Å². The van der Waals surface area contributed by atoms with Crippen LogP contribution in [0.15, 0.2) is 6.07 Å². The normalized spacial score (nSPS) is 24.7. The number of aryl methyl sites for hydroxylation is 2. The summed E-state index contributed by atoms with van der Waals surface area (Å²) in [5.41, 5.74) is -0.225. The lowest BCUT2D eigenvalue weighted by Crippen LogP contribution is -2.56. The van der Waals surface area contributed by atoms with E-state index in [1.165, 1.54) is 0 Å². The van der Waals surface area contributed by atoms with Crippen LogP contribution < -0.4 is 4.90 Å². The molecule has 0 spiro atoms. The van der Waals surface area contributed by atoms with Gasteiger partial charge in [-0.3, -0.25) is 4.79 Å². The molecular weight excluding hydrogens is 294 g/mol. The van der Waals surface area contributed by atoms with Crippen molar-refractivity contribution in [2.45, 2.75) is 59.0 Å². The smallest absolute Gasteiger partial charge is 0.314 e. The Morgan fingerprint density at radius 3 is 2.74 bits per heavy atom. The zero-order valence-electron chi connectivity index (χ0n) is 14.2. The largest absolute Gasteiger partial charge is 0.481 e. The molecule has 1 aliphatic rings. The lowest BCUT2D eigenvalue weighted by molar-refractivity contribution is -0.158. The maximum absolute atomic E-state index is 11.9. The Bertz CT molecular complexity index is 564. The van der Waals surface area contributed by atoms with Crippen molar-refractivity contribution in [3.05, 3.63) is 17.6 Å². The van der Waals surface area contributed by atoms with Crippen molar-refractivity contribution in [2.75, 3.05) is 18.0 Å². The molecule has 0 radical (unpaired) electrons. The molecule has 1 fully saturated rings. The van der Waals surface area contributed by atoms with E-state index in [4.69, 9.17) is 0 Å². The summed E-state index contributed by atoms with van der Waals surface area (Å²) >= 11 is 0. The van der Waals surface area contributed by atoms with Gasteiger partial charge in [0.05, 0.1) is 6.10 Å². The second kappa shape index (κ2) is 7.25. The van der Waals surface area contributed by atoms with Crippen LogP contribution in [0.3, 0.4) is 0 Å². The molecule has 6 nitrogen and oxygen atoms in total. The molecular formula is C17H27N3O3. The average molecular weight is 321 g/mol. The molecule has 1 aliphatic heterocycles. The molecule has 0 bridgehead atoms. The second-order valence-corrected chi connectivity index (χ2v) is 6.47. The van der Waals surface area contributed by atoms with Crippen LogP contribution in [0.2, 0.25) is 0 Å². The third-order valence-electron chi connectivity index (χ3n) is 4.59. The number of rotatable bonds is 6. The van der Waals surface area contributed by atoms with Crippen molar-refractivity contribution in [1.82, 2.24) is 9.97 Å². The van der Waals surface area contributed by atoms with Gasteiger partial charge >= 0.3 is 5.97 Å². The van der Waals surface area contributed by atoms with Gasteiger partial charge in [-0.15, -0.1) is 0 Å². The first-order chi connectivity index (χ1) is 10.9. The summed E-state index contributed by atoms with van der Waals surface area (Å²) in [4.78, 5) is 22.9. The monoisotopic (exact) mass is 321 g/mol. The van der Waals surface area contributed by atoms with E-state index < -0.39 is 17.5 Å². The summed E-state index contributed by atoms with van der Waals surface area (Å²) in [7, 11) is 0. The molecule has 0 amide bonds. The van der Waals surface area contributed by atoms with Crippen LogP contribution >= 0.6 is 0 Å². The Morgan fingerprint density at radius 2 is 2.13 bits per heavy atom. The van der Waals surface area contributed by atoms with Gasteiger partial charge < -0.3 is 15.1 Å². The van der Waals surface area contributed by atoms with Crippen LogP contribution in [-0.2, 0) is 11.2 Å². The van der Waals surface area contributed by atoms with Crippen molar-refractivity contribution < 1.29 is 15.0 Å². The zero-order valence-corrected chi connectivity index (χ0v) is 14.2. The number of hydrogen-bond acceptors (Lipinski definition) is 5. The number of carboxylic acid groups (broad SMARTS) is 1. The Kier molecular flexibility index (Phi) is 5.57. The lowest BCUT2D eigenvalue weighted by atomic mass is 9.74. The fourth-order valence-electron chi connectivity index (χ4n) is 3.39. The van der Waals surface area contributed by atoms with Gasteiger partial charge in [0.25, 0.3) is 0 Å². The predicted octanol–water partition coefficient (Wildman–Crippen LogP) is 2.18. The Morgan fingerprint density at radius 1 is 1.39 bits per heavy atom. The summed E-state index contributed by atoms with van der Waals surface area (Å²) < 4.78 is 0. The molecule has 23 heavy (non-hydrogen) atoms. The van der Waals surface area contributed by atoms with E-state index >= 15 is 0 Å². The summed E-state index contributed by atoms with van der Waals surface area (Å²) in [6.45, 7) is 6.87. The molecule has 6 heteroatoms. The standard InChI is InChI=1S/C17H27N3O3/c1-4-6-14-18-12(3)10-15(19-14)20-9-7-13(21)17(11-20,8-5-2)16(22)23/h10,13,21H,4-9,11H2,1-3H3,(H,22,23)/t13-,17-/m1/s1. The number of hydrogen-bond donors (Lipinski definition) is 2. The minimum atomic E-state index is -1.11. The Balaban J connectivity index is 2.32. The number of aliphatic hydroxyl groups excluding tert-OH is 1. The van der Waals surface area contributed by atoms with Gasteiger partial charge in [-0.05, 0) is 26.2 Å². The number of aliphatic hydroxyl groups is 1. The second-order valence-electron chi connectivity index (χ2n) is 6.47. The average Bonchev–Trinajstić information content (AvgIpc) is 2.49. The highest BCUT2D eigenvalue weighted by Crippen LogP contribution is 2.37. The van der Waals surface area contributed by atoms with Crippen LogP contribution in [0.4, 0.5) is 5.82 Å². The summed E-state index contributed by atoms with van der Waals surface area (Å²) in [5.74, 6) is 0.649. The molecule has 2 atom stereocenters. The molecule has 1 aromatic heterocycles. The zero-order chi connectivity index (χ0) is 17.0. The van der Waals surface area contributed by atoms with Gasteiger partial charge in [-0.2, -0.15) is 0 Å². The predicted molar refractivity (Wildman–Crippen MR) is 88.6 cm³/mol. The van der Waals surface area contributed by atoms with E-state index in [2.05, 4.69) is 16.9 Å². The lowest BCUT2D eigenvalue weighted by Gasteiger charge is -2.43. The highest BCUT2D eigenvalue weighted by Gasteiger charge is 2.48. The fraction of sp³-hybridized carbons (Fsp3) is 0.706. The minimum Gasteiger partial charge on any atom is -0.481 e. The number of carbonyl (C=O) groups is 1. The van der Waals surface area contributed by atoms with Crippen LogP contribution in [0.1, 0.15) is 51.0 Å². The molecule has 2 N–H and O–H groups in total. The fourth-order valence-corrected chi connectivity index (χ4v) is 3.39. The molecule has 1 saturated heterocycles. The van der Waals surface area contributed by atoms with Crippen LogP contribution in [0.25, 0.3) is 0 Å². The summed E-state index contributed by atoms with van der Waals surface area (Å²) in [6, 6.07) is 1.90. The van der Waals surface area contributed by atoms with Gasteiger partial charge in [-0.25, -0.2) is 9.97 Å². The molecule has 2 rings (SSSR count). The molecule has 128 valence electrons. The van der Waals surface area contributed by atoms with Crippen LogP contribution in [0.5, 0.6) is 0 Å². The molecule has 0 aromatic carbocycles. The third kappa shape index (κ3) is 3.63. The SMILES string of the molecule is CCCc1nc(C)cc(N2CC[C@@H](O)[C@](CCC)(C(=O)O)C2)n1. The van der Waals surface area contributed by atoms with E-state index in [0.29, 0.717) is 25.9 Å². The highest BCUT2D eigenvalue weighted by molar-refractivity contribution is 5.77. The van der Waals surface area contributed by atoms with Crippen molar-refractivity contribution in [2.24, 2.45) is 5.41 Å². The third-order valence-corrected chi connectivity index (χ3v) is 4.59. The van der Waals surface area contributed by atoms with E-state index in [1.54, 1.807) is 0 Å². The van der Waals surface area contributed by atoms with Crippen LogP contribution in [0, 0.1) is 12.3 Å². The molecule has 1 aromatic rings. The van der Waals surface area contributed by atoms with E-state index in [-0.39, 0.29) is 0 Å². The quantitative estimate of drug-likeness (QED) is 0.835. The van der Waals surface area contributed by atoms with Crippen molar-refractivity contribution in [3.8, 4) is 0 Å². The van der Waals surface area contributed by atoms with E-state index in [0.717, 1.165) is 36.6 Å². The number of aliphatic carboxylic acids is 1. The first kappa shape index (κ1) is 17.7. The Hall–Kier alpha value is -1.69. The Labute approximate surface area is 137 Å². The first-order valence-corrected chi connectivity index (χ1v) is 8.44. The van der Waals surface area contributed by atoms with Gasteiger partial charge in [0.1, 0.15) is 17.1 Å². The van der Waals surface area contributed by atoms with Gasteiger partial charge in [0.2, 0.25) is 0 Å². The minimum absolute atomic E-state index is 0.291. The van der Waals surface area contributed by atoms with Crippen LogP contribution in [-0.4, -0.2) is 45.3 Å². The van der Waals surface area contributed by atoms with E-state index in [1.807, 2.05) is 24.8 Å².